The third-order valence-corrected chi connectivity index (χ3v) is 3.77. The Morgan fingerprint density at radius 1 is 1.56 bits per heavy atom. The van der Waals surface area contributed by atoms with Crippen molar-refractivity contribution in [2.75, 3.05) is 16.8 Å². The molecule has 1 aliphatic rings. The van der Waals surface area contributed by atoms with Gasteiger partial charge in [-0.15, -0.1) is 0 Å². The summed E-state index contributed by atoms with van der Waals surface area (Å²) in [6.45, 7) is 0.543. The van der Waals surface area contributed by atoms with Crippen molar-refractivity contribution < 1.29 is 9.18 Å². The van der Waals surface area contributed by atoms with Gasteiger partial charge in [0.05, 0.1) is 5.69 Å². The number of carbonyl (C=O) groups excluding carboxylic acids is 1. The molecule has 0 aliphatic carbocycles. The first kappa shape index (κ1) is 11.9. The molecule has 1 aliphatic heterocycles. The van der Waals surface area contributed by atoms with Crippen molar-refractivity contribution in [3.05, 3.63) is 29.0 Å². The molecule has 0 bridgehead atoms. The highest BCUT2D eigenvalue weighted by Gasteiger charge is 2.31. The molecule has 0 N–H and O–H groups in total. The molecule has 1 unspecified atom stereocenters. The number of nitrogens with zero attached hydrogens (tertiary/aromatic N) is 1. The molecule has 1 heterocycles. The van der Waals surface area contributed by atoms with E-state index in [1.165, 1.54) is 23.1 Å². The van der Waals surface area contributed by atoms with Crippen LogP contribution < -0.4 is 4.90 Å². The fraction of sp³-hybridized carbons (Fsp3) is 0.364. The normalized spacial score (nSPS) is 20.6. The van der Waals surface area contributed by atoms with Gasteiger partial charge >= 0.3 is 0 Å². The summed E-state index contributed by atoms with van der Waals surface area (Å²) >= 11 is 9.14. The lowest BCUT2D eigenvalue weighted by Crippen LogP contribution is -2.25. The molecule has 2 nitrogen and oxygen atoms in total. The van der Waals surface area contributed by atoms with Gasteiger partial charge in [0.15, 0.2) is 0 Å². The number of alkyl halides is 1. The minimum Gasteiger partial charge on any atom is -0.309 e. The molecule has 0 saturated carbocycles. The van der Waals surface area contributed by atoms with Crippen molar-refractivity contribution in [3.8, 4) is 0 Å². The third-order valence-electron chi connectivity index (χ3n) is 2.62. The van der Waals surface area contributed by atoms with Gasteiger partial charge in [-0.1, -0.05) is 27.5 Å². The summed E-state index contributed by atoms with van der Waals surface area (Å²) in [6.07, 6.45) is 0.456. The van der Waals surface area contributed by atoms with Gasteiger partial charge in [-0.25, -0.2) is 4.39 Å². The van der Waals surface area contributed by atoms with E-state index >= 15 is 0 Å². The number of anilines is 1. The molecular weight excluding hydrogens is 296 g/mol. The molecule has 0 radical (unpaired) electrons. The summed E-state index contributed by atoms with van der Waals surface area (Å²) in [4.78, 5) is 13.2. The predicted molar refractivity (Wildman–Crippen MR) is 65.7 cm³/mol. The first-order valence-corrected chi connectivity index (χ1v) is 6.43. The maximum Gasteiger partial charge on any atom is 0.227 e. The topological polar surface area (TPSA) is 20.3 Å². The Hall–Kier alpha value is -0.610. The van der Waals surface area contributed by atoms with E-state index in [2.05, 4.69) is 15.9 Å². The van der Waals surface area contributed by atoms with Crippen LogP contribution in [0.2, 0.25) is 5.02 Å². The van der Waals surface area contributed by atoms with Gasteiger partial charge in [-0.3, -0.25) is 4.79 Å². The zero-order valence-corrected chi connectivity index (χ0v) is 10.8. The molecule has 5 heteroatoms. The van der Waals surface area contributed by atoms with Crippen molar-refractivity contribution in [1.29, 1.82) is 0 Å². The summed E-state index contributed by atoms with van der Waals surface area (Å²) in [5.74, 6) is -0.218. The van der Waals surface area contributed by atoms with Gasteiger partial charge in [0.25, 0.3) is 0 Å². The Labute approximate surface area is 107 Å². The summed E-state index contributed by atoms with van der Waals surface area (Å²) in [5.41, 5.74) is 0.279. The average molecular weight is 307 g/mol. The van der Waals surface area contributed by atoms with E-state index in [1.807, 2.05) is 0 Å². The zero-order valence-electron chi connectivity index (χ0n) is 8.42. The first-order valence-electron chi connectivity index (χ1n) is 4.93. The molecule has 1 aromatic rings. The molecule has 1 amide bonds. The number of benzene rings is 1. The Balaban J connectivity index is 2.30. The van der Waals surface area contributed by atoms with Crippen LogP contribution in [0.4, 0.5) is 10.1 Å². The van der Waals surface area contributed by atoms with E-state index in [0.717, 1.165) is 5.33 Å². The van der Waals surface area contributed by atoms with Gasteiger partial charge < -0.3 is 4.90 Å². The minimum atomic E-state index is -0.409. The fourth-order valence-corrected chi connectivity index (χ4v) is 2.41. The molecule has 0 spiro atoms. The maximum atomic E-state index is 13.6. The SMILES string of the molecule is O=C1CC(CBr)CN1c1cc(Cl)ccc1F. The van der Waals surface area contributed by atoms with E-state index in [0.29, 0.717) is 18.0 Å². The van der Waals surface area contributed by atoms with E-state index in [4.69, 9.17) is 11.6 Å². The Morgan fingerprint density at radius 3 is 2.94 bits per heavy atom. The lowest BCUT2D eigenvalue weighted by atomic mass is 10.2. The summed E-state index contributed by atoms with van der Waals surface area (Å²) in [7, 11) is 0. The second-order valence-electron chi connectivity index (χ2n) is 3.82. The van der Waals surface area contributed by atoms with E-state index in [1.54, 1.807) is 0 Å². The van der Waals surface area contributed by atoms with Crippen LogP contribution in [0, 0.1) is 11.7 Å². The van der Waals surface area contributed by atoms with Crippen LogP contribution in [0.25, 0.3) is 0 Å². The van der Waals surface area contributed by atoms with Crippen LogP contribution in [0.15, 0.2) is 18.2 Å². The zero-order chi connectivity index (χ0) is 11.7. The van der Waals surface area contributed by atoms with Crippen molar-refractivity contribution in [2.24, 2.45) is 5.92 Å². The second-order valence-corrected chi connectivity index (χ2v) is 4.91. The van der Waals surface area contributed by atoms with Gasteiger partial charge in [0.1, 0.15) is 5.82 Å². The Bertz CT molecular complexity index is 426. The molecule has 86 valence electrons. The molecule has 1 fully saturated rings. The number of hydrogen-bond acceptors (Lipinski definition) is 1. The molecule has 1 atom stereocenters. The Kier molecular flexibility index (Phi) is 3.50. The van der Waals surface area contributed by atoms with Gasteiger partial charge in [0, 0.05) is 23.3 Å². The molecule has 2 rings (SSSR count). The van der Waals surface area contributed by atoms with Crippen molar-refractivity contribution in [3.63, 3.8) is 0 Å². The quantitative estimate of drug-likeness (QED) is 0.768. The highest BCUT2D eigenvalue weighted by molar-refractivity contribution is 9.09. The van der Waals surface area contributed by atoms with Crippen LogP contribution in [-0.4, -0.2) is 17.8 Å². The van der Waals surface area contributed by atoms with Crippen LogP contribution >= 0.6 is 27.5 Å². The van der Waals surface area contributed by atoms with Crippen molar-refractivity contribution in [1.82, 2.24) is 0 Å². The molecule has 16 heavy (non-hydrogen) atoms. The fourth-order valence-electron chi connectivity index (χ4n) is 1.81. The van der Waals surface area contributed by atoms with E-state index in [-0.39, 0.29) is 17.5 Å². The summed E-state index contributed by atoms with van der Waals surface area (Å²) in [6, 6.07) is 4.25. The number of carbonyl (C=O) groups is 1. The largest absolute Gasteiger partial charge is 0.309 e. The molecule has 1 saturated heterocycles. The Morgan fingerprint density at radius 2 is 2.31 bits per heavy atom. The van der Waals surface area contributed by atoms with Crippen molar-refractivity contribution in [2.45, 2.75) is 6.42 Å². The highest BCUT2D eigenvalue weighted by Crippen LogP contribution is 2.30. The highest BCUT2D eigenvalue weighted by atomic mass is 79.9. The summed E-state index contributed by atoms with van der Waals surface area (Å²) < 4.78 is 13.6. The van der Waals surface area contributed by atoms with E-state index in [9.17, 15) is 9.18 Å². The number of halogens is 3. The smallest absolute Gasteiger partial charge is 0.227 e. The maximum absolute atomic E-state index is 13.6. The molecule has 1 aromatic carbocycles. The monoisotopic (exact) mass is 305 g/mol. The summed E-state index contributed by atoms with van der Waals surface area (Å²) in [5, 5.41) is 1.18. The molecule has 0 aromatic heterocycles. The first-order chi connectivity index (χ1) is 7.61. The standard InChI is InChI=1S/C11H10BrClFNO/c12-5-7-3-11(16)15(6-7)10-4-8(13)1-2-9(10)14/h1-2,4,7H,3,5-6H2. The minimum absolute atomic E-state index is 0.0504. The molecular formula is C11H10BrClFNO. The lowest BCUT2D eigenvalue weighted by Gasteiger charge is -2.17. The van der Waals surface area contributed by atoms with Crippen LogP contribution in [0.1, 0.15) is 6.42 Å². The predicted octanol–water partition coefficient (Wildman–Crippen LogP) is 3.23. The second kappa shape index (κ2) is 4.72. The van der Waals surface area contributed by atoms with Crippen LogP contribution in [-0.2, 0) is 4.79 Å². The van der Waals surface area contributed by atoms with E-state index < -0.39 is 5.82 Å². The lowest BCUT2D eigenvalue weighted by molar-refractivity contribution is -0.117. The van der Waals surface area contributed by atoms with Gasteiger partial charge in [-0.05, 0) is 24.1 Å². The third kappa shape index (κ3) is 2.23. The van der Waals surface area contributed by atoms with Crippen molar-refractivity contribution >= 4 is 39.1 Å². The number of rotatable bonds is 2. The number of amides is 1. The van der Waals surface area contributed by atoms with Gasteiger partial charge in [-0.2, -0.15) is 0 Å². The van der Waals surface area contributed by atoms with Crippen LogP contribution in [0.5, 0.6) is 0 Å². The van der Waals surface area contributed by atoms with Crippen LogP contribution in [0.3, 0.4) is 0 Å². The van der Waals surface area contributed by atoms with Gasteiger partial charge in [0.2, 0.25) is 5.91 Å². The average Bonchev–Trinajstić information content (AvgIpc) is 2.63. The number of hydrogen-bond donors (Lipinski definition) is 0.